The average molecular weight is 394 g/mol. The van der Waals surface area contributed by atoms with Crippen LogP contribution in [0, 0.1) is 12.8 Å². The first kappa shape index (κ1) is 18.9. The van der Waals surface area contributed by atoms with E-state index in [9.17, 15) is 9.59 Å². The van der Waals surface area contributed by atoms with Crippen molar-refractivity contribution in [2.75, 3.05) is 12.4 Å². The molecule has 0 bridgehead atoms. The number of fused-ring (bicyclic) bond motifs is 1. The first-order valence-electron chi connectivity index (χ1n) is 9.48. The van der Waals surface area contributed by atoms with Crippen LogP contribution in [0.25, 0.3) is 0 Å². The Morgan fingerprint density at radius 3 is 2.83 bits per heavy atom. The predicted octanol–water partition coefficient (Wildman–Crippen LogP) is 2.51. The minimum atomic E-state index is -0.392. The number of rotatable bonds is 4. The molecular formula is C20H22N6O3. The number of hydrogen-bond acceptors (Lipinski definition) is 5. The fraction of sp³-hybridized carbons (Fsp3) is 0.350. The lowest BCUT2D eigenvalue weighted by molar-refractivity contribution is -0.119. The Morgan fingerprint density at radius 1 is 1.28 bits per heavy atom. The first-order valence-corrected chi connectivity index (χ1v) is 9.48. The molecule has 0 saturated heterocycles. The number of hydrogen-bond donors (Lipinski definition) is 2. The van der Waals surface area contributed by atoms with Crippen LogP contribution in [0.3, 0.4) is 0 Å². The van der Waals surface area contributed by atoms with Crippen molar-refractivity contribution < 1.29 is 14.3 Å². The molecule has 150 valence electrons. The summed E-state index contributed by atoms with van der Waals surface area (Å²) in [6.07, 6.45) is 2.53. The smallest absolute Gasteiger partial charge is 0.320 e. The number of nitrogens with zero attached hydrogens (tertiary/aromatic N) is 4. The average Bonchev–Trinajstić information content (AvgIpc) is 3.33. The van der Waals surface area contributed by atoms with Crippen molar-refractivity contribution in [2.45, 2.75) is 32.7 Å². The maximum Gasteiger partial charge on any atom is 0.320 e. The van der Waals surface area contributed by atoms with Gasteiger partial charge in [0.1, 0.15) is 11.6 Å². The minimum Gasteiger partial charge on any atom is -0.497 e. The Balaban J connectivity index is 1.45. The zero-order valence-corrected chi connectivity index (χ0v) is 16.3. The molecule has 1 unspecified atom stereocenters. The highest BCUT2D eigenvalue weighted by Gasteiger charge is 2.33. The Bertz CT molecular complexity index is 1010. The lowest BCUT2D eigenvalue weighted by atomic mass is 10.1. The van der Waals surface area contributed by atoms with E-state index in [1.807, 2.05) is 24.3 Å². The van der Waals surface area contributed by atoms with Crippen LogP contribution in [0.15, 0.2) is 40.3 Å². The molecule has 1 fully saturated rings. The van der Waals surface area contributed by atoms with Gasteiger partial charge in [0.2, 0.25) is 0 Å². The number of amides is 3. The summed E-state index contributed by atoms with van der Waals surface area (Å²) in [6, 6.07) is 8.74. The lowest BCUT2D eigenvalue weighted by Gasteiger charge is -2.15. The van der Waals surface area contributed by atoms with E-state index in [-0.39, 0.29) is 17.8 Å². The SMILES string of the molecule is COc1ccc(CNC(=O)Nc2cc(C)nn2C2=NC(=O)C3CCCC3=N2)cc1. The van der Waals surface area contributed by atoms with Gasteiger partial charge in [-0.25, -0.2) is 9.79 Å². The predicted molar refractivity (Wildman–Crippen MR) is 108 cm³/mol. The van der Waals surface area contributed by atoms with Gasteiger partial charge in [0.15, 0.2) is 0 Å². The molecule has 3 amide bonds. The maximum atomic E-state index is 12.4. The zero-order chi connectivity index (χ0) is 20.4. The van der Waals surface area contributed by atoms with Crippen LogP contribution >= 0.6 is 0 Å². The van der Waals surface area contributed by atoms with Gasteiger partial charge in [-0.05, 0) is 43.9 Å². The second-order valence-corrected chi connectivity index (χ2v) is 7.04. The van der Waals surface area contributed by atoms with Crippen molar-refractivity contribution in [3.63, 3.8) is 0 Å². The van der Waals surface area contributed by atoms with Crippen molar-refractivity contribution >= 4 is 29.4 Å². The Labute approximate surface area is 167 Å². The van der Waals surface area contributed by atoms with E-state index >= 15 is 0 Å². The van der Waals surface area contributed by atoms with Crippen molar-refractivity contribution in [3.05, 3.63) is 41.6 Å². The van der Waals surface area contributed by atoms with Crippen LogP contribution < -0.4 is 15.4 Å². The van der Waals surface area contributed by atoms with Crippen LogP contribution in [-0.2, 0) is 11.3 Å². The van der Waals surface area contributed by atoms with Crippen molar-refractivity contribution in [2.24, 2.45) is 15.9 Å². The molecule has 2 N–H and O–H groups in total. The molecule has 1 aromatic heterocycles. The van der Waals surface area contributed by atoms with Gasteiger partial charge in [0, 0.05) is 18.3 Å². The van der Waals surface area contributed by atoms with Gasteiger partial charge in [-0.3, -0.25) is 10.1 Å². The quantitative estimate of drug-likeness (QED) is 0.830. The maximum absolute atomic E-state index is 12.4. The third-order valence-corrected chi connectivity index (χ3v) is 4.95. The summed E-state index contributed by atoms with van der Waals surface area (Å²) in [5.74, 6) is 0.973. The molecule has 2 aliphatic rings. The van der Waals surface area contributed by atoms with Crippen LogP contribution in [0.4, 0.5) is 10.6 Å². The molecule has 2 heterocycles. The number of benzene rings is 1. The molecule has 1 aliphatic heterocycles. The monoisotopic (exact) mass is 394 g/mol. The number of urea groups is 1. The summed E-state index contributed by atoms with van der Waals surface area (Å²) in [7, 11) is 1.60. The molecule has 0 spiro atoms. The van der Waals surface area contributed by atoms with Crippen LogP contribution in [0.5, 0.6) is 5.75 Å². The molecule has 9 nitrogen and oxygen atoms in total. The third kappa shape index (κ3) is 4.03. The largest absolute Gasteiger partial charge is 0.497 e. The van der Waals surface area contributed by atoms with E-state index in [0.29, 0.717) is 18.1 Å². The fourth-order valence-corrected chi connectivity index (χ4v) is 3.48. The molecule has 1 aromatic carbocycles. The number of aromatic nitrogens is 2. The standard InChI is InChI=1S/C20H22N6O3/c1-12-10-17(23-20(28)21-11-13-6-8-14(29-2)9-7-13)26(25-12)19-22-16-5-3-4-15(16)18(27)24-19/h6-10,15H,3-5,11H2,1-2H3,(H2,21,23,28). The molecule has 2 aromatic rings. The summed E-state index contributed by atoms with van der Waals surface area (Å²) >= 11 is 0. The first-order chi connectivity index (χ1) is 14.0. The van der Waals surface area contributed by atoms with Crippen LogP contribution in [0.1, 0.15) is 30.5 Å². The molecule has 1 atom stereocenters. The molecule has 9 heteroatoms. The Morgan fingerprint density at radius 2 is 2.07 bits per heavy atom. The van der Waals surface area contributed by atoms with Gasteiger partial charge in [-0.15, -0.1) is 0 Å². The Kier molecular flexibility index (Phi) is 5.11. The highest BCUT2D eigenvalue weighted by atomic mass is 16.5. The zero-order valence-electron chi connectivity index (χ0n) is 16.3. The summed E-state index contributed by atoms with van der Waals surface area (Å²) in [5, 5.41) is 9.90. The van der Waals surface area contributed by atoms with E-state index in [0.717, 1.165) is 36.3 Å². The van der Waals surface area contributed by atoms with Crippen molar-refractivity contribution in [1.82, 2.24) is 15.1 Å². The van der Waals surface area contributed by atoms with Gasteiger partial charge in [0.05, 0.1) is 18.7 Å². The summed E-state index contributed by atoms with van der Waals surface area (Å²) < 4.78 is 6.53. The van der Waals surface area contributed by atoms with E-state index in [1.165, 1.54) is 4.68 Å². The van der Waals surface area contributed by atoms with Gasteiger partial charge >= 0.3 is 6.03 Å². The van der Waals surface area contributed by atoms with Crippen LogP contribution in [0.2, 0.25) is 0 Å². The number of carbonyl (C=O) groups is 2. The van der Waals surface area contributed by atoms with Gasteiger partial charge in [0.25, 0.3) is 11.9 Å². The highest BCUT2D eigenvalue weighted by molar-refractivity contribution is 6.17. The highest BCUT2D eigenvalue weighted by Crippen LogP contribution is 2.27. The topological polar surface area (TPSA) is 110 Å². The second kappa shape index (κ2) is 7.86. The number of aliphatic imine (C=N–C) groups is 2. The number of carbonyl (C=O) groups excluding carboxylic acids is 2. The van der Waals surface area contributed by atoms with Gasteiger partial charge in [-0.2, -0.15) is 14.8 Å². The Hall–Kier alpha value is -3.49. The van der Waals surface area contributed by atoms with Gasteiger partial charge in [-0.1, -0.05) is 12.1 Å². The number of ether oxygens (including phenoxy) is 1. The van der Waals surface area contributed by atoms with E-state index in [2.05, 4.69) is 25.7 Å². The number of methoxy groups -OCH3 is 1. The third-order valence-electron chi connectivity index (χ3n) is 4.95. The number of nitrogens with one attached hydrogen (secondary N) is 2. The van der Waals surface area contributed by atoms with E-state index in [4.69, 9.17) is 4.74 Å². The van der Waals surface area contributed by atoms with Crippen LogP contribution in [-0.4, -0.2) is 40.5 Å². The van der Waals surface area contributed by atoms with E-state index < -0.39 is 6.03 Å². The molecule has 29 heavy (non-hydrogen) atoms. The second-order valence-electron chi connectivity index (χ2n) is 7.04. The van der Waals surface area contributed by atoms with Crippen molar-refractivity contribution in [3.8, 4) is 5.75 Å². The normalized spacial score (nSPS) is 18.0. The van der Waals surface area contributed by atoms with E-state index in [1.54, 1.807) is 20.1 Å². The number of anilines is 1. The van der Waals surface area contributed by atoms with Gasteiger partial charge < -0.3 is 10.1 Å². The molecule has 1 saturated carbocycles. The summed E-state index contributed by atoms with van der Waals surface area (Å²) in [4.78, 5) is 33.3. The number of aryl methyl sites for hydroxylation is 1. The fourth-order valence-electron chi connectivity index (χ4n) is 3.48. The molecule has 4 rings (SSSR count). The minimum absolute atomic E-state index is 0.189. The lowest BCUT2D eigenvalue weighted by Crippen LogP contribution is -2.32. The summed E-state index contributed by atoms with van der Waals surface area (Å²) in [5.41, 5.74) is 2.47. The molecule has 0 radical (unpaired) electrons. The molecular weight excluding hydrogens is 372 g/mol. The molecule has 1 aliphatic carbocycles. The summed E-state index contributed by atoms with van der Waals surface area (Å²) in [6.45, 7) is 2.15. The van der Waals surface area contributed by atoms with Crippen molar-refractivity contribution in [1.29, 1.82) is 0 Å².